The maximum atomic E-state index is 13.2. The highest BCUT2D eigenvalue weighted by Crippen LogP contribution is 2.49. The zero-order valence-electron chi connectivity index (χ0n) is 71.7. The minimum absolute atomic E-state index is 0. The van der Waals surface area contributed by atoms with Gasteiger partial charge in [0, 0.05) is 108 Å². The predicted octanol–water partition coefficient (Wildman–Crippen LogP) is 16.3. The molecule has 119 heavy (non-hydrogen) atoms. The SMILES string of the molecule is C=C(NC)c1cccc(CCNc2ncc(C#N)c(N[C@@H]3CC[C@H](O)C(C)(C)C3)n2)c1.CC(=O)Nc1ccc(CCNc2ncc(C#N)c(N[C@@H]3C[C@H](C)C3(C)C)n2)cc1.CC(F)Oc1ccccc1CCNc1ncc(C#N)c(N[C@@H]2CC[C@H](O)C(C)(C)C2)n1.C[C@H]1C[C@@H](Nc2nc(NCCc3ccc(N(C)C)cc3)ncc2C#N)C1(C)C.[HH].[HH].[HH].[HH]. The van der Waals surface area contributed by atoms with E-state index in [1.165, 1.54) is 36.9 Å². The number of rotatable bonds is 30. The Morgan fingerprint density at radius 2 is 0.958 bits per heavy atom. The number of halogens is 1. The number of amides is 1. The third-order valence-corrected chi connectivity index (χ3v) is 23.7. The van der Waals surface area contributed by atoms with E-state index in [-0.39, 0.29) is 57.6 Å². The van der Waals surface area contributed by atoms with E-state index in [9.17, 15) is 40.4 Å². The van der Waals surface area contributed by atoms with Crippen LogP contribution in [-0.4, -0.2) is 146 Å². The van der Waals surface area contributed by atoms with Crippen molar-refractivity contribution in [2.75, 3.05) is 100 Å². The van der Waals surface area contributed by atoms with E-state index >= 15 is 0 Å². The number of benzene rings is 4. The first-order chi connectivity index (χ1) is 56.7. The zero-order valence-corrected chi connectivity index (χ0v) is 71.7. The molecule has 28 heteroatoms. The van der Waals surface area contributed by atoms with Gasteiger partial charge < -0.3 is 73.0 Å². The van der Waals surface area contributed by atoms with Crippen LogP contribution in [0, 0.1) is 78.8 Å². The molecule has 12 rings (SSSR count). The van der Waals surface area contributed by atoms with Crippen molar-refractivity contribution < 1.29 is 29.8 Å². The van der Waals surface area contributed by atoms with Crippen LogP contribution in [0.15, 0.2) is 128 Å². The molecule has 0 saturated heterocycles. The van der Waals surface area contributed by atoms with Crippen LogP contribution in [0.4, 0.5) is 62.8 Å². The van der Waals surface area contributed by atoms with Gasteiger partial charge in [0.1, 0.15) is 75.6 Å². The highest BCUT2D eigenvalue weighted by atomic mass is 19.1. The van der Waals surface area contributed by atoms with Gasteiger partial charge in [0.2, 0.25) is 36.1 Å². The summed E-state index contributed by atoms with van der Waals surface area (Å²) in [5.41, 5.74) is 10.2. The smallest absolute Gasteiger partial charge is 0.235 e. The number of nitriles is 4. The van der Waals surface area contributed by atoms with Crippen molar-refractivity contribution in [2.45, 2.75) is 203 Å². The van der Waals surface area contributed by atoms with E-state index in [1.54, 1.807) is 24.7 Å². The standard InChI is InChI=1S/C24H32N6O.C23H30FN5O2.C22H28N6O.C22H30N6.4H2/c1-16(26-4)18-7-5-6-17(12-18)10-11-27-23-28-15-19(14-25)22(30-23)29-20-8-9-21(31)24(2,3)13-20;1-15(24)31-19-7-5-4-6-16(19)10-11-26-22-27-14-17(13-25)21(29-22)28-18-8-9-20(30)23(2,3)12-18;1-14-11-19(22(14,3)4)27-20-17(12-23)13-25-21(28-20)24-10-9-16-5-7-18(8-6-16)26-15(2)29;1-15-12-19(22(15,2)3)26-20-17(13-23)14-25-21(27-20)24-11-10-16-6-8-18(9-7-16)28(4)5;;;;/h5-7,12,15,20-21,26,31H,1,8-11,13H2,2-4H3,(H2,27,28,29,30);4-7,14-15,18,20,30H,8-12H2,1-3H3,(H2,26,27,28,29);5-8,13-14,19H,9-11H2,1-4H3,(H,26,29)(H2,24,25,27,28);6-9,14-15,19H,10-12H2,1-5H3,(H2,24,25,26,27);4*1H/t20-,21+;15?,18-,20+;14-,19+;15-,19+;;;;/m1100..../s1. The van der Waals surface area contributed by atoms with Gasteiger partial charge in [-0.05, 0) is 175 Å². The first-order valence-corrected chi connectivity index (χ1v) is 41.1. The van der Waals surface area contributed by atoms with Crippen LogP contribution in [0.1, 0.15) is 190 Å². The average molecular weight is 1630 g/mol. The van der Waals surface area contributed by atoms with E-state index < -0.39 is 6.36 Å². The highest BCUT2D eigenvalue weighted by Gasteiger charge is 2.47. The van der Waals surface area contributed by atoms with Crippen molar-refractivity contribution in [3.8, 4) is 30.0 Å². The lowest BCUT2D eigenvalue weighted by Crippen LogP contribution is -2.52. The molecule has 0 spiro atoms. The molecule has 4 saturated carbocycles. The second-order valence-electron chi connectivity index (χ2n) is 34.2. The Labute approximate surface area is 707 Å². The molecule has 27 nitrogen and oxygen atoms in total. The van der Waals surface area contributed by atoms with Crippen molar-refractivity contribution in [3.63, 3.8) is 0 Å². The first kappa shape index (κ1) is 90.9. The average Bonchev–Trinajstić information content (AvgIpc) is 0.771. The zero-order chi connectivity index (χ0) is 86.2. The van der Waals surface area contributed by atoms with Gasteiger partial charge in [-0.25, -0.2) is 24.3 Å². The molecule has 4 aromatic carbocycles. The fourth-order valence-electron chi connectivity index (χ4n) is 14.9. The summed E-state index contributed by atoms with van der Waals surface area (Å²) in [6, 6.07) is 41.4. The molecule has 4 heterocycles. The van der Waals surface area contributed by atoms with Crippen molar-refractivity contribution >= 4 is 70.0 Å². The topological polar surface area (TPSA) is 389 Å². The van der Waals surface area contributed by atoms with Crippen molar-refractivity contribution in [1.82, 2.24) is 45.2 Å². The lowest BCUT2D eigenvalue weighted by atomic mass is 9.59. The minimum atomic E-state index is -1.38. The summed E-state index contributed by atoms with van der Waals surface area (Å²) in [6.45, 7) is 31.2. The molecule has 4 aliphatic rings. The van der Waals surface area contributed by atoms with Crippen LogP contribution in [0.3, 0.4) is 0 Å². The van der Waals surface area contributed by atoms with Gasteiger partial charge in [0.25, 0.3) is 0 Å². The van der Waals surface area contributed by atoms with E-state index in [2.05, 4.69) is 234 Å². The molecule has 4 aliphatic carbocycles. The molecule has 1 unspecified atom stereocenters. The lowest BCUT2D eigenvalue weighted by molar-refractivity contribution is -0.114. The van der Waals surface area contributed by atoms with E-state index in [1.807, 2.05) is 75.7 Å². The monoisotopic (exact) mass is 1630 g/mol. The van der Waals surface area contributed by atoms with Crippen LogP contribution in [-0.2, 0) is 30.5 Å². The molecule has 4 aromatic heterocycles. The van der Waals surface area contributed by atoms with Gasteiger partial charge in [-0.15, -0.1) is 0 Å². The van der Waals surface area contributed by atoms with Gasteiger partial charge >= 0.3 is 0 Å². The Balaban J connectivity index is 0.000000288. The highest BCUT2D eigenvalue weighted by molar-refractivity contribution is 5.88. The number of aliphatic hydroxyl groups excluding tert-OH is 2. The Morgan fingerprint density at radius 3 is 1.33 bits per heavy atom. The maximum absolute atomic E-state index is 13.2. The number of aromatic nitrogens is 8. The molecule has 1 amide bonds. The maximum Gasteiger partial charge on any atom is 0.235 e. The third-order valence-electron chi connectivity index (χ3n) is 23.7. The molecule has 638 valence electrons. The van der Waals surface area contributed by atoms with E-state index in [4.69, 9.17) is 4.74 Å². The van der Waals surface area contributed by atoms with Crippen molar-refractivity contribution in [2.24, 2.45) is 33.5 Å². The summed E-state index contributed by atoms with van der Waals surface area (Å²) in [4.78, 5) is 48.4. The second-order valence-corrected chi connectivity index (χ2v) is 34.2. The molecular formula is C91H128FN23O4. The van der Waals surface area contributed by atoms with Crippen LogP contribution >= 0.6 is 0 Å². The molecule has 8 aromatic rings. The van der Waals surface area contributed by atoms with Gasteiger partial charge in [-0.2, -0.15) is 41.0 Å². The minimum Gasteiger partial charge on any atom is -0.460 e. The molecule has 0 radical (unpaired) electrons. The number of nitrogens with zero attached hydrogens (tertiary/aromatic N) is 13. The Kier molecular flexibility index (Phi) is 32.0. The molecule has 4 fully saturated rings. The van der Waals surface area contributed by atoms with Gasteiger partial charge in [-0.1, -0.05) is 136 Å². The molecular weight excluding hydrogens is 1500 g/mol. The number of carbonyl (C=O) groups excluding carboxylic acids is 1. The number of alkyl halides is 1. The molecule has 0 aliphatic heterocycles. The fraction of sp³-hybridized carbons (Fsp3) is 0.484. The number of hydrogen-bond donors (Lipinski definition) is 12. The van der Waals surface area contributed by atoms with Gasteiger partial charge in [0.05, 0.1) is 37.0 Å². The number of anilines is 10. The second kappa shape index (κ2) is 41.9. The number of aliphatic hydroxyl groups is 2. The Morgan fingerprint density at radius 1 is 0.563 bits per heavy atom. The van der Waals surface area contributed by atoms with Crippen LogP contribution in [0.5, 0.6) is 5.75 Å². The van der Waals surface area contributed by atoms with Crippen LogP contribution in [0.25, 0.3) is 5.70 Å². The molecule has 12 N–H and O–H groups in total. The van der Waals surface area contributed by atoms with Crippen molar-refractivity contribution in [1.29, 1.82) is 21.0 Å². The summed E-state index contributed by atoms with van der Waals surface area (Å²) >= 11 is 0. The summed E-state index contributed by atoms with van der Waals surface area (Å²) in [7, 11) is 5.94. The van der Waals surface area contributed by atoms with Crippen molar-refractivity contribution in [3.05, 3.63) is 178 Å². The first-order valence-electron chi connectivity index (χ1n) is 41.1. The number of nitrogens with one attached hydrogen (secondary N) is 10. The Hall–Kier alpha value is -12.0. The summed E-state index contributed by atoms with van der Waals surface area (Å²) in [6.07, 6.45) is 14.2. The summed E-state index contributed by atoms with van der Waals surface area (Å²) < 4.78 is 18.4. The summed E-state index contributed by atoms with van der Waals surface area (Å²) in [5, 5.41) is 90.5. The summed E-state index contributed by atoms with van der Waals surface area (Å²) in [5.74, 6) is 5.96. The Bertz CT molecular complexity index is 4900. The molecule has 9 atom stereocenters. The van der Waals surface area contributed by atoms with Gasteiger partial charge in [-0.3, -0.25) is 4.79 Å². The van der Waals surface area contributed by atoms with Gasteiger partial charge in [0.15, 0.2) is 0 Å². The molecule has 0 bridgehead atoms. The fourth-order valence-corrected chi connectivity index (χ4v) is 14.9. The van der Waals surface area contributed by atoms with E-state index in [0.717, 1.165) is 98.8 Å². The quantitative estimate of drug-likeness (QED) is 0.0199. The lowest BCUT2D eigenvalue weighted by Gasteiger charge is -2.51. The number of ether oxygens (including phenoxy) is 1. The third kappa shape index (κ3) is 25.8. The van der Waals surface area contributed by atoms with Crippen LogP contribution in [0.2, 0.25) is 0 Å². The normalized spacial score (nSPS) is 20.1. The number of hydrogen-bond acceptors (Lipinski definition) is 26. The predicted molar refractivity (Wildman–Crippen MR) is 480 cm³/mol. The van der Waals surface area contributed by atoms with E-state index in [0.29, 0.717) is 131 Å². The number of para-hydroxylation sites is 1. The number of carbonyl (C=O) groups is 1. The largest absolute Gasteiger partial charge is 0.460 e. The van der Waals surface area contributed by atoms with Crippen LogP contribution < -0.4 is 62.8 Å².